The first-order valence-electron chi connectivity index (χ1n) is 5.15. The Hall–Kier alpha value is -0.180. The van der Waals surface area contributed by atoms with Crippen LogP contribution in [0.25, 0.3) is 0 Å². The molecule has 0 radical (unpaired) electrons. The molecule has 6 nitrogen and oxygen atoms in total. The number of anilines is 2. The fourth-order valence-corrected chi connectivity index (χ4v) is 5.59. The summed E-state index contributed by atoms with van der Waals surface area (Å²) in [5, 5.41) is 14.5. The number of amides is 2. The van der Waals surface area contributed by atoms with Crippen LogP contribution in [-0.2, 0) is 9.59 Å². The fraction of sp³-hybridized carbons (Fsp3) is 0.182. The summed E-state index contributed by atoms with van der Waals surface area (Å²) in [6.45, 7) is 2.67. The van der Waals surface area contributed by atoms with Crippen LogP contribution in [0.15, 0.2) is 0 Å². The average Bonchev–Trinajstić information content (AvgIpc) is 2.29. The summed E-state index contributed by atoms with van der Waals surface area (Å²) in [5.74, 6) is -1.74. The van der Waals surface area contributed by atoms with Gasteiger partial charge in [0.15, 0.2) is 0 Å². The predicted molar refractivity (Wildman–Crippen MR) is 100 cm³/mol. The molecule has 0 bridgehead atoms. The number of carbonyl (C=O) groups is 3. The monoisotopic (exact) mass is 626 g/mol. The van der Waals surface area contributed by atoms with Crippen LogP contribution in [0.1, 0.15) is 24.2 Å². The van der Waals surface area contributed by atoms with E-state index in [4.69, 9.17) is 0 Å². The van der Waals surface area contributed by atoms with Crippen molar-refractivity contribution in [3.05, 3.63) is 16.3 Å². The second kappa shape index (κ2) is 7.20. The van der Waals surface area contributed by atoms with Crippen LogP contribution in [0.3, 0.4) is 0 Å². The average molecular weight is 626 g/mol. The van der Waals surface area contributed by atoms with Crippen LogP contribution < -0.4 is 10.6 Å². The van der Waals surface area contributed by atoms with Gasteiger partial charge < -0.3 is 15.7 Å². The number of carboxylic acids is 1. The van der Waals surface area contributed by atoms with E-state index in [1.165, 1.54) is 13.8 Å². The summed E-state index contributed by atoms with van der Waals surface area (Å²) in [6, 6.07) is 0. The molecule has 0 heterocycles. The molecule has 0 atom stereocenters. The third-order valence-electron chi connectivity index (χ3n) is 2.13. The maximum atomic E-state index is 11.4. The minimum atomic E-state index is -1.12. The molecule has 0 fully saturated rings. The number of hydrogen-bond acceptors (Lipinski definition) is 3. The lowest BCUT2D eigenvalue weighted by Gasteiger charge is -2.17. The Labute approximate surface area is 155 Å². The van der Waals surface area contributed by atoms with Crippen molar-refractivity contribution in [1.29, 1.82) is 0 Å². The highest BCUT2D eigenvalue weighted by Gasteiger charge is 2.25. The van der Waals surface area contributed by atoms with E-state index >= 15 is 0 Å². The molecule has 0 unspecified atom stereocenters. The van der Waals surface area contributed by atoms with Gasteiger partial charge in [0.25, 0.3) is 0 Å². The van der Waals surface area contributed by atoms with Gasteiger partial charge in [0.2, 0.25) is 11.8 Å². The lowest BCUT2D eigenvalue weighted by Crippen LogP contribution is -2.17. The molecule has 0 saturated heterocycles. The van der Waals surface area contributed by atoms with Crippen molar-refractivity contribution in [1.82, 2.24) is 0 Å². The molecular weight excluding hydrogens is 617 g/mol. The zero-order valence-corrected chi connectivity index (χ0v) is 16.8. The summed E-state index contributed by atoms with van der Waals surface area (Å²) in [6.07, 6.45) is 0. The first kappa shape index (κ1) is 17.9. The number of nitrogens with one attached hydrogen (secondary N) is 2. The van der Waals surface area contributed by atoms with Gasteiger partial charge in [0.1, 0.15) is 0 Å². The molecule has 0 aliphatic carbocycles. The van der Waals surface area contributed by atoms with Gasteiger partial charge in [-0.1, -0.05) is 0 Å². The second-order valence-electron chi connectivity index (χ2n) is 3.73. The van der Waals surface area contributed by atoms with Crippen LogP contribution in [0.2, 0.25) is 0 Å². The van der Waals surface area contributed by atoms with Gasteiger partial charge in [-0.15, -0.1) is 0 Å². The normalized spacial score (nSPS) is 10.1. The first-order valence-corrected chi connectivity index (χ1v) is 8.39. The van der Waals surface area contributed by atoms with Gasteiger partial charge in [0.05, 0.1) is 27.6 Å². The Morgan fingerprint density at radius 3 is 1.45 bits per heavy atom. The smallest absolute Gasteiger partial charge is 0.338 e. The fourth-order valence-electron chi connectivity index (χ4n) is 1.42. The predicted octanol–water partition coefficient (Wildman–Crippen LogP) is 3.12. The zero-order valence-electron chi connectivity index (χ0n) is 10.3. The molecule has 9 heteroatoms. The summed E-state index contributed by atoms with van der Waals surface area (Å²) in [5.41, 5.74) is 0.833. The topological polar surface area (TPSA) is 95.5 Å². The van der Waals surface area contributed by atoms with Crippen molar-refractivity contribution in [2.24, 2.45) is 0 Å². The van der Waals surface area contributed by atoms with Crippen molar-refractivity contribution in [2.45, 2.75) is 13.8 Å². The highest BCUT2D eigenvalue weighted by Crippen LogP contribution is 2.38. The summed E-state index contributed by atoms with van der Waals surface area (Å²) < 4.78 is 1.44. The second-order valence-corrected chi connectivity index (χ2v) is 6.97. The number of carboxylic acid groups (broad SMARTS) is 1. The zero-order chi connectivity index (χ0) is 15.6. The molecule has 0 aliphatic rings. The molecule has 3 N–H and O–H groups in total. The van der Waals surface area contributed by atoms with E-state index < -0.39 is 5.97 Å². The summed E-state index contributed by atoms with van der Waals surface area (Å²) in [7, 11) is 0. The number of rotatable bonds is 3. The molecule has 20 heavy (non-hydrogen) atoms. The van der Waals surface area contributed by atoms with Crippen LogP contribution >= 0.6 is 67.8 Å². The summed E-state index contributed by atoms with van der Waals surface area (Å²) >= 11 is 5.71. The van der Waals surface area contributed by atoms with Crippen LogP contribution in [0, 0.1) is 10.7 Å². The highest BCUT2D eigenvalue weighted by atomic mass is 131. The molecule has 0 saturated carbocycles. The molecule has 0 aliphatic heterocycles. The van der Waals surface area contributed by atoms with Gasteiger partial charge in [-0.2, -0.15) is 0 Å². The minimum absolute atomic E-state index is 0.0547. The number of hydrogen-bond donors (Lipinski definition) is 3. The number of benzene rings is 1. The van der Waals surface area contributed by atoms with E-state index in [2.05, 4.69) is 10.6 Å². The maximum absolute atomic E-state index is 11.4. The molecule has 1 aromatic rings. The van der Waals surface area contributed by atoms with Crippen molar-refractivity contribution in [3.8, 4) is 0 Å². The van der Waals surface area contributed by atoms with Crippen molar-refractivity contribution in [3.63, 3.8) is 0 Å². The Morgan fingerprint density at radius 2 is 1.20 bits per heavy atom. The van der Waals surface area contributed by atoms with E-state index in [1.54, 1.807) is 0 Å². The number of halogens is 3. The van der Waals surface area contributed by atoms with Gasteiger partial charge >= 0.3 is 5.97 Å². The Kier molecular flexibility index (Phi) is 6.43. The van der Waals surface area contributed by atoms with E-state index in [0.717, 1.165) is 0 Å². The Balaban J connectivity index is 3.68. The molecular formula is C11H9I3N2O4. The molecule has 2 amide bonds. The molecule has 108 valence electrons. The van der Waals surface area contributed by atoms with E-state index in [0.29, 0.717) is 22.1 Å². The van der Waals surface area contributed by atoms with Crippen molar-refractivity contribution < 1.29 is 19.5 Å². The largest absolute Gasteiger partial charge is 0.478 e. The Morgan fingerprint density at radius 1 is 0.850 bits per heavy atom. The van der Waals surface area contributed by atoms with Crippen LogP contribution in [0.4, 0.5) is 11.4 Å². The molecule has 1 aromatic carbocycles. The van der Waals surface area contributed by atoms with E-state index in [1.807, 2.05) is 67.8 Å². The van der Waals surface area contributed by atoms with Crippen molar-refractivity contribution >= 4 is 96.9 Å². The van der Waals surface area contributed by atoms with Crippen LogP contribution in [-0.4, -0.2) is 22.9 Å². The van der Waals surface area contributed by atoms with E-state index in [9.17, 15) is 19.5 Å². The lowest BCUT2D eigenvalue weighted by molar-refractivity contribution is -0.115. The number of aromatic carboxylic acids is 1. The minimum Gasteiger partial charge on any atom is -0.478 e. The quantitative estimate of drug-likeness (QED) is 0.450. The Bertz CT molecular complexity index is 573. The maximum Gasteiger partial charge on any atom is 0.338 e. The highest BCUT2D eigenvalue weighted by molar-refractivity contribution is 14.1. The van der Waals surface area contributed by atoms with Gasteiger partial charge in [0, 0.05) is 13.8 Å². The molecule has 0 aromatic heterocycles. The molecule has 0 spiro atoms. The lowest BCUT2D eigenvalue weighted by atomic mass is 10.1. The van der Waals surface area contributed by atoms with Gasteiger partial charge in [-0.3, -0.25) is 9.59 Å². The van der Waals surface area contributed by atoms with E-state index in [-0.39, 0.29) is 17.4 Å². The van der Waals surface area contributed by atoms with Gasteiger partial charge in [-0.05, 0) is 67.8 Å². The van der Waals surface area contributed by atoms with Crippen molar-refractivity contribution in [2.75, 3.05) is 10.6 Å². The molecule has 1 rings (SSSR count). The third kappa shape index (κ3) is 3.93. The number of carbonyl (C=O) groups excluding carboxylic acids is 2. The SMILES string of the molecule is CC(=O)Nc1c([131I])c(NC(C)=O)c([131I])c(C(=O)O)c1[131I]. The first-order chi connectivity index (χ1) is 9.16. The van der Waals surface area contributed by atoms with Gasteiger partial charge in [-0.25, -0.2) is 4.79 Å². The standard InChI is InChI=1S/C11H9I3N2O4/c1-3(17)15-9-6(12)5(11(19)20)7(13)10(8(9)14)16-4(2)18/h1-2H3,(H,15,17)(H,16,18)(H,19,20)/i12+4,13+4,14+4. The summed E-state index contributed by atoms with van der Waals surface area (Å²) in [4.78, 5) is 33.9. The third-order valence-corrected chi connectivity index (χ3v) is 5.37. The van der Waals surface area contributed by atoms with Crippen LogP contribution in [0.5, 0.6) is 0 Å².